The summed E-state index contributed by atoms with van der Waals surface area (Å²) in [6.07, 6.45) is 1.22. The van der Waals surface area contributed by atoms with Crippen molar-refractivity contribution in [3.8, 4) is 0 Å². The van der Waals surface area contributed by atoms with E-state index in [-0.39, 0.29) is 29.8 Å². The monoisotopic (exact) mass is 442 g/mol. The maximum Gasteiger partial charge on any atom is 0.410 e. The predicted molar refractivity (Wildman–Crippen MR) is 124 cm³/mol. The summed E-state index contributed by atoms with van der Waals surface area (Å²) in [7, 11) is 3.17. The topological polar surface area (TPSA) is 76.2 Å². The van der Waals surface area contributed by atoms with E-state index in [0.29, 0.717) is 12.5 Å². The van der Waals surface area contributed by atoms with Crippen LogP contribution in [0.5, 0.6) is 0 Å². The lowest BCUT2D eigenvalue weighted by Crippen LogP contribution is -2.56. The number of carbonyl (C=O) groups is 3. The summed E-state index contributed by atoms with van der Waals surface area (Å²) in [5.41, 5.74) is -0.174. The molecule has 0 N–H and O–H groups in total. The molecule has 0 aromatic rings. The van der Waals surface area contributed by atoms with Gasteiger partial charge in [-0.15, -0.1) is 0 Å². The molecule has 0 spiro atoms. The van der Waals surface area contributed by atoms with Crippen LogP contribution in [0.3, 0.4) is 0 Å². The number of rotatable bonds is 11. The fraction of sp³-hybridized carbons (Fsp3) is 0.875. The fourth-order valence-corrected chi connectivity index (χ4v) is 3.36. The van der Waals surface area contributed by atoms with Gasteiger partial charge >= 0.3 is 12.1 Å². The Morgan fingerprint density at radius 1 is 0.806 bits per heavy atom. The van der Waals surface area contributed by atoms with E-state index >= 15 is 0 Å². The van der Waals surface area contributed by atoms with Crippen molar-refractivity contribution >= 4 is 18.0 Å². The first-order chi connectivity index (χ1) is 14.1. The fourth-order valence-electron chi connectivity index (χ4n) is 3.36. The lowest BCUT2D eigenvalue weighted by molar-refractivity contribution is -0.158. The Morgan fingerprint density at radius 2 is 1.32 bits per heavy atom. The van der Waals surface area contributed by atoms with Crippen molar-refractivity contribution in [3.63, 3.8) is 0 Å². The van der Waals surface area contributed by atoms with E-state index in [1.54, 1.807) is 14.1 Å². The van der Waals surface area contributed by atoms with Gasteiger partial charge in [-0.2, -0.15) is 0 Å². The summed E-state index contributed by atoms with van der Waals surface area (Å²) in [4.78, 5) is 41.5. The van der Waals surface area contributed by atoms with E-state index in [9.17, 15) is 14.4 Å². The van der Waals surface area contributed by atoms with Crippen LogP contribution in [0.15, 0.2) is 0 Å². The minimum Gasteiger partial charge on any atom is -0.464 e. The number of amides is 2. The van der Waals surface area contributed by atoms with E-state index in [4.69, 9.17) is 9.47 Å². The van der Waals surface area contributed by atoms with Gasteiger partial charge in [0.05, 0.1) is 13.2 Å². The lowest BCUT2D eigenvalue weighted by atomic mass is 9.97. The molecule has 0 heterocycles. The van der Waals surface area contributed by atoms with Crippen molar-refractivity contribution in [2.24, 2.45) is 23.2 Å². The Labute approximate surface area is 189 Å². The molecule has 7 heteroatoms. The second-order valence-corrected chi connectivity index (χ2v) is 10.8. The smallest absolute Gasteiger partial charge is 0.410 e. The highest BCUT2D eigenvalue weighted by Crippen LogP contribution is 2.20. The molecular formula is C24H46N2O5. The van der Waals surface area contributed by atoms with E-state index in [1.165, 1.54) is 9.80 Å². The first-order valence-corrected chi connectivity index (χ1v) is 11.4. The Bertz CT molecular complexity index is 581. The van der Waals surface area contributed by atoms with Crippen LogP contribution >= 0.6 is 0 Å². The molecule has 0 bridgehead atoms. The molecule has 2 unspecified atom stereocenters. The van der Waals surface area contributed by atoms with Crippen LogP contribution in [0, 0.1) is 23.2 Å². The number of nitrogens with zero attached hydrogens (tertiary/aromatic N) is 2. The number of carbonyl (C=O) groups excluding carboxylic acids is 3. The molecule has 0 rings (SSSR count). The van der Waals surface area contributed by atoms with Crippen LogP contribution in [-0.4, -0.2) is 67.2 Å². The van der Waals surface area contributed by atoms with E-state index in [0.717, 1.165) is 12.8 Å². The van der Waals surface area contributed by atoms with Crippen LogP contribution in [-0.2, 0) is 19.1 Å². The predicted octanol–water partition coefficient (Wildman–Crippen LogP) is 4.59. The summed E-state index contributed by atoms with van der Waals surface area (Å²) in [6, 6.07) is -1.46. The largest absolute Gasteiger partial charge is 0.464 e. The molecule has 2 amide bonds. The first kappa shape index (κ1) is 29.2. The van der Waals surface area contributed by atoms with Crippen LogP contribution < -0.4 is 0 Å². The third kappa shape index (κ3) is 10.4. The Balaban J connectivity index is 5.34. The molecule has 0 aromatic carbocycles. The molecule has 31 heavy (non-hydrogen) atoms. The zero-order chi connectivity index (χ0) is 24.5. The molecule has 0 fully saturated rings. The Kier molecular flexibility index (Phi) is 12.2. The van der Waals surface area contributed by atoms with Crippen molar-refractivity contribution in [1.82, 2.24) is 9.80 Å². The number of ether oxygens (including phenoxy) is 2. The van der Waals surface area contributed by atoms with Crippen LogP contribution in [0.2, 0.25) is 0 Å². The summed E-state index contributed by atoms with van der Waals surface area (Å²) in [6.45, 7) is 18.3. The van der Waals surface area contributed by atoms with Crippen molar-refractivity contribution in [2.45, 2.75) is 87.2 Å². The Hall–Kier alpha value is -1.79. The minimum atomic E-state index is -0.743. The van der Waals surface area contributed by atoms with Gasteiger partial charge in [0.2, 0.25) is 5.91 Å². The van der Waals surface area contributed by atoms with Gasteiger partial charge in [-0.1, -0.05) is 62.3 Å². The maximum atomic E-state index is 13.4. The average Bonchev–Trinajstić information content (AvgIpc) is 2.61. The second kappa shape index (κ2) is 12.9. The molecule has 0 aliphatic heterocycles. The van der Waals surface area contributed by atoms with Gasteiger partial charge in [-0.25, -0.2) is 9.59 Å². The first-order valence-electron chi connectivity index (χ1n) is 11.4. The molecule has 0 radical (unpaired) electrons. The Morgan fingerprint density at radius 3 is 1.74 bits per heavy atom. The molecule has 2 atom stereocenters. The quantitative estimate of drug-likeness (QED) is 0.346. The average molecular weight is 443 g/mol. The molecule has 0 saturated heterocycles. The molecular weight excluding hydrogens is 396 g/mol. The molecule has 0 aliphatic rings. The van der Waals surface area contributed by atoms with Crippen LogP contribution in [0.1, 0.15) is 75.2 Å². The summed E-state index contributed by atoms with van der Waals surface area (Å²) < 4.78 is 10.9. The van der Waals surface area contributed by atoms with Gasteiger partial charge in [0.25, 0.3) is 0 Å². The maximum absolute atomic E-state index is 13.4. The molecule has 7 nitrogen and oxygen atoms in total. The molecule has 182 valence electrons. The van der Waals surface area contributed by atoms with Crippen LogP contribution in [0.4, 0.5) is 4.79 Å². The third-order valence-corrected chi connectivity index (χ3v) is 5.03. The van der Waals surface area contributed by atoms with Crippen molar-refractivity contribution < 1.29 is 23.9 Å². The highest BCUT2D eigenvalue weighted by molar-refractivity contribution is 5.89. The van der Waals surface area contributed by atoms with Crippen molar-refractivity contribution in [3.05, 3.63) is 0 Å². The lowest BCUT2D eigenvalue weighted by Gasteiger charge is -2.36. The zero-order valence-corrected chi connectivity index (χ0v) is 21.7. The number of hydrogen-bond acceptors (Lipinski definition) is 5. The SMILES string of the molecule is CC(C)CCCOC(=O)C(C(C)C)N(C)C(=O)C(C(C)C)N(C)C(=O)OCC(C)(C)C. The van der Waals surface area contributed by atoms with Crippen molar-refractivity contribution in [1.29, 1.82) is 0 Å². The highest BCUT2D eigenvalue weighted by Gasteiger charge is 2.39. The van der Waals surface area contributed by atoms with Gasteiger partial charge in [-0.3, -0.25) is 9.69 Å². The molecule has 0 saturated carbocycles. The van der Waals surface area contributed by atoms with E-state index in [1.807, 2.05) is 48.5 Å². The zero-order valence-electron chi connectivity index (χ0n) is 21.7. The molecule has 0 aliphatic carbocycles. The molecule has 0 aromatic heterocycles. The van der Waals surface area contributed by atoms with Gasteiger partial charge < -0.3 is 14.4 Å². The third-order valence-electron chi connectivity index (χ3n) is 5.03. The van der Waals surface area contributed by atoms with Crippen molar-refractivity contribution in [2.75, 3.05) is 27.3 Å². The van der Waals surface area contributed by atoms with Crippen LogP contribution in [0.25, 0.3) is 0 Å². The summed E-state index contributed by atoms with van der Waals surface area (Å²) in [5, 5.41) is 0. The summed E-state index contributed by atoms with van der Waals surface area (Å²) >= 11 is 0. The highest BCUT2D eigenvalue weighted by atomic mass is 16.6. The summed E-state index contributed by atoms with van der Waals surface area (Å²) in [5.74, 6) is -0.447. The standard InChI is InChI=1S/C24H46N2O5/c1-16(2)13-12-14-30-22(28)20(18(5)6)25(10)21(27)19(17(3)4)26(11)23(29)31-15-24(7,8)9/h16-20H,12-15H2,1-11H3. The number of likely N-dealkylation sites (N-methyl/N-ethyl adjacent to an activating group) is 2. The number of esters is 1. The van der Waals surface area contributed by atoms with Gasteiger partial charge in [0.1, 0.15) is 12.1 Å². The minimum absolute atomic E-state index is 0.127. The van der Waals surface area contributed by atoms with E-state index < -0.39 is 24.1 Å². The van der Waals surface area contributed by atoms with E-state index in [2.05, 4.69) is 13.8 Å². The van der Waals surface area contributed by atoms with Gasteiger partial charge in [0, 0.05) is 14.1 Å². The van der Waals surface area contributed by atoms with Gasteiger partial charge in [-0.05, 0) is 36.0 Å². The number of hydrogen-bond donors (Lipinski definition) is 0. The second-order valence-electron chi connectivity index (χ2n) is 10.8. The van der Waals surface area contributed by atoms with Gasteiger partial charge in [0.15, 0.2) is 0 Å². The normalized spacial score (nSPS) is 13.9.